The number of thiazole rings is 1. The van der Waals surface area contributed by atoms with Gasteiger partial charge in [-0.25, -0.2) is 19.0 Å². The number of rotatable bonds is 7. The van der Waals surface area contributed by atoms with Crippen LogP contribution in [0.3, 0.4) is 0 Å². The van der Waals surface area contributed by atoms with Gasteiger partial charge in [0, 0.05) is 28.7 Å². The van der Waals surface area contributed by atoms with E-state index in [-0.39, 0.29) is 18.9 Å². The van der Waals surface area contributed by atoms with E-state index < -0.39 is 30.6 Å². The molecule has 11 heteroatoms. The Bertz CT molecular complexity index is 1160. The molecule has 33 heavy (non-hydrogen) atoms. The third-order valence-corrected chi connectivity index (χ3v) is 5.88. The number of carbonyl (C=O) groups is 2. The lowest BCUT2D eigenvalue weighted by Crippen LogP contribution is -2.38. The molecule has 0 spiro atoms. The lowest BCUT2D eigenvalue weighted by atomic mass is 9.89. The minimum absolute atomic E-state index is 0.0407. The van der Waals surface area contributed by atoms with Gasteiger partial charge in [0.15, 0.2) is 6.61 Å². The highest BCUT2D eigenvalue weighted by Gasteiger charge is 2.34. The number of carboxylic acid groups (broad SMARTS) is 1. The maximum atomic E-state index is 13.9. The van der Waals surface area contributed by atoms with Crippen molar-refractivity contribution in [3.8, 4) is 5.75 Å². The van der Waals surface area contributed by atoms with E-state index in [1.54, 1.807) is 29.8 Å². The molecule has 172 valence electrons. The summed E-state index contributed by atoms with van der Waals surface area (Å²) in [6.45, 7) is -0.381. The van der Waals surface area contributed by atoms with Gasteiger partial charge in [0.1, 0.15) is 23.2 Å². The van der Waals surface area contributed by atoms with E-state index in [4.69, 9.17) is 31.0 Å². The molecule has 2 heterocycles. The van der Waals surface area contributed by atoms with Gasteiger partial charge in [-0.15, -0.1) is 16.4 Å². The van der Waals surface area contributed by atoms with E-state index in [2.05, 4.69) is 4.98 Å². The Labute approximate surface area is 197 Å². The largest absolute Gasteiger partial charge is 0.528 e. The van der Waals surface area contributed by atoms with Crippen LogP contribution in [0.2, 0.25) is 5.02 Å². The first-order valence-electron chi connectivity index (χ1n) is 9.83. The van der Waals surface area contributed by atoms with Crippen molar-refractivity contribution in [1.82, 2.24) is 10.0 Å². The zero-order valence-electron chi connectivity index (χ0n) is 17.1. The molecule has 1 aromatic heterocycles. The minimum Gasteiger partial charge on any atom is -0.482 e. The van der Waals surface area contributed by atoms with Gasteiger partial charge in [0.25, 0.3) is 0 Å². The molecule has 4 rings (SSSR count). The maximum absolute atomic E-state index is 13.9. The molecular formula is C22H18ClFN2O6S. The van der Waals surface area contributed by atoms with Crippen LogP contribution in [0, 0.1) is 5.82 Å². The van der Waals surface area contributed by atoms with E-state index >= 15 is 0 Å². The Morgan fingerprint density at radius 1 is 1.24 bits per heavy atom. The molecule has 0 aliphatic carbocycles. The van der Waals surface area contributed by atoms with E-state index in [0.29, 0.717) is 27.6 Å². The van der Waals surface area contributed by atoms with Crippen molar-refractivity contribution >= 4 is 35.1 Å². The highest BCUT2D eigenvalue weighted by atomic mass is 35.5. The monoisotopic (exact) mass is 492 g/mol. The summed E-state index contributed by atoms with van der Waals surface area (Å²) in [6, 6.07) is 8.28. The molecular weight excluding hydrogens is 475 g/mol. The van der Waals surface area contributed by atoms with Crippen LogP contribution < -0.4 is 4.74 Å². The average Bonchev–Trinajstić information content (AvgIpc) is 3.30. The molecule has 0 saturated heterocycles. The van der Waals surface area contributed by atoms with Gasteiger partial charge >= 0.3 is 12.1 Å². The predicted molar refractivity (Wildman–Crippen MR) is 117 cm³/mol. The van der Waals surface area contributed by atoms with Gasteiger partial charge in [0.05, 0.1) is 6.04 Å². The topological polar surface area (TPSA) is 98.2 Å². The Morgan fingerprint density at radius 2 is 2.09 bits per heavy atom. The van der Waals surface area contributed by atoms with E-state index in [0.717, 1.165) is 5.56 Å². The summed E-state index contributed by atoms with van der Waals surface area (Å²) >= 11 is 7.56. The summed E-state index contributed by atoms with van der Waals surface area (Å²) in [5.41, 5.74) is 1.85. The average molecular weight is 493 g/mol. The summed E-state index contributed by atoms with van der Waals surface area (Å²) in [7, 11) is 0. The van der Waals surface area contributed by atoms with Gasteiger partial charge in [-0.2, -0.15) is 0 Å². The van der Waals surface area contributed by atoms with Crippen molar-refractivity contribution in [2.24, 2.45) is 0 Å². The van der Waals surface area contributed by atoms with E-state index in [9.17, 15) is 14.0 Å². The SMILES string of the molecule is O=C(O)COc1ccc(Cl)cc1[C@@H]1c2ccc(F)cc2CCN1OC(=O)OCc1nccs1. The number of aliphatic carboxylic acids is 1. The molecule has 8 nitrogen and oxygen atoms in total. The van der Waals surface area contributed by atoms with Crippen LogP contribution in [0.15, 0.2) is 48.0 Å². The van der Waals surface area contributed by atoms with Crippen molar-refractivity contribution in [2.75, 3.05) is 13.2 Å². The van der Waals surface area contributed by atoms with Crippen molar-refractivity contribution in [2.45, 2.75) is 19.1 Å². The molecule has 0 radical (unpaired) electrons. The van der Waals surface area contributed by atoms with Crippen LogP contribution in [-0.4, -0.2) is 40.4 Å². The Hall–Kier alpha value is -3.21. The zero-order valence-corrected chi connectivity index (χ0v) is 18.6. The number of nitrogens with zero attached hydrogens (tertiary/aromatic N) is 2. The first kappa shape index (κ1) is 23.0. The third kappa shape index (κ3) is 5.59. The second-order valence-corrected chi connectivity index (χ2v) is 8.47. The fraction of sp³-hybridized carbons (Fsp3) is 0.227. The molecule has 1 N–H and O–H groups in total. The van der Waals surface area contributed by atoms with Crippen LogP contribution in [0.5, 0.6) is 5.75 Å². The zero-order chi connectivity index (χ0) is 23.4. The lowest BCUT2D eigenvalue weighted by molar-refractivity contribution is -0.152. The number of benzene rings is 2. The number of hydroxylamine groups is 2. The van der Waals surface area contributed by atoms with Crippen LogP contribution in [0.4, 0.5) is 9.18 Å². The second-order valence-electron chi connectivity index (χ2n) is 7.06. The van der Waals surface area contributed by atoms with Gasteiger partial charge < -0.3 is 19.4 Å². The molecule has 0 bridgehead atoms. The fourth-order valence-electron chi connectivity index (χ4n) is 3.56. The summed E-state index contributed by atoms with van der Waals surface area (Å²) in [5.74, 6) is -1.30. The number of halogens is 2. The van der Waals surface area contributed by atoms with Gasteiger partial charge in [-0.05, 0) is 47.9 Å². The van der Waals surface area contributed by atoms with Gasteiger partial charge in [-0.1, -0.05) is 17.7 Å². The molecule has 0 amide bonds. The van der Waals surface area contributed by atoms with E-state index in [1.807, 2.05) is 0 Å². The molecule has 1 aliphatic heterocycles. The number of hydrogen-bond donors (Lipinski definition) is 1. The third-order valence-electron chi connectivity index (χ3n) is 4.90. The first-order valence-corrected chi connectivity index (χ1v) is 11.1. The highest BCUT2D eigenvalue weighted by molar-refractivity contribution is 7.09. The molecule has 1 atom stereocenters. The van der Waals surface area contributed by atoms with Crippen LogP contribution in [-0.2, 0) is 27.4 Å². The van der Waals surface area contributed by atoms with Gasteiger partial charge in [0.2, 0.25) is 0 Å². The van der Waals surface area contributed by atoms with E-state index in [1.165, 1.54) is 34.6 Å². The smallest absolute Gasteiger partial charge is 0.482 e. The summed E-state index contributed by atoms with van der Waals surface area (Å²) in [5, 5.41) is 13.2. The van der Waals surface area contributed by atoms with Crippen molar-refractivity contribution < 1.29 is 33.4 Å². The number of carbonyl (C=O) groups excluding carboxylic acids is 1. The van der Waals surface area contributed by atoms with Crippen LogP contribution in [0.1, 0.15) is 27.7 Å². The minimum atomic E-state index is -1.15. The number of fused-ring (bicyclic) bond motifs is 1. The number of aromatic nitrogens is 1. The highest BCUT2D eigenvalue weighted by Crippen LogP contribution is 2.41. The fourth-order valence-corrected chi connectivity index (χ4v) is 4.27. The Balaban J connectivity index is 1.66. The standard InChI is InChI=1S/C22H18ClFN2O6S/c23-14-1-4-18(30-12-20(27)28)17(10-14)21-16-3-2-15(24)9-13(16)5-7-26(21)32-22(29)31-11-19-25-6-8-33-19/h1-4,6,8-10,21H,5,7,11-12H2,(H,27,28)/t21-/m0/s1. The maximum Gasteiger partial charge on any atom is 0.528 e. The summed E-state index contributed by atoms with van der Waals surface area (Å²) in [4.78, 5) is 33.0. The number of ether oxygens (including phenoxy) is 2. The molecule has 3 aromatic rings. The predicted octanol–water partition coefficient (Wildman–Crippen LogP) is 4.61. The Kier molecular flexibility index (Phi) is 7.07. The summed E-state index contributed by atoms with van der Waals surface area (Å²) < 4.78 is 24.5. The summed E-state index contributed by atoms with van der Waals surface area (Å²) in [6.07, 6.45) is 1.08. The molecule has 2 aromatic carbocycles. The Morgan fingerprint density at radius 3 is 2.85 bits per heavy atom. The molecule has 0 saturated carbocycles. The lowest BCUT2D eigenvalue weighted by Gasteiger charge is -2.36. The molecule has 1 aliphatic rings. The number of carboxylic acids is 1. The van der Waals surface area contributed by atoms with Crippen LogP contribution >= 0.6 is 22.9 Å². The quantitative estimate of drug-likeness (QED) is 0.477. The van der Waals surface area contributed by atoms with Crippen LogP contribution in [0.25, 0.3) is 0 Å². The second kappa shape index (κ2) is 10.2. The molecule has 0 fully saturated rings. The van der Waals surface area contributed by atoms with Crippen molar-refractivity contribution in [3.05, 3.63) is 80.5 Å². The normalized spacial score (nSPS) is 15.5. The number of hydrogen-bond acceptors (Lipinski definition) is 8. The van der Waals surface area contributed by atoms with Crippen molar-refractivity contribution in [1.29, 1.82) is 0 Å². The van der Waals surface area contributed by atoms with Gasteiger partial charge in [-0.3, -0.25) is 0 Å². The molecule has 0 unspecified atom stereocenters. The van der Waals surface area contributed by atoms with Crippen molar-refractivity contribution in [3.63, 3.8) is 0 Å². The first-order chi connectivity index (χ1) is 15.9.